The van der Waals surface area contributed by atoms with Crippen molar-refractivity contribution in [2.75, 3.05) is 18.1 Å². The van der Waals surface area contributed by atoms with Crippen LogP contribution in [0.1, 0.15) is 39.5 Å². The van der Waals surface area contributed by atoms with Crippen LogP contribution < -0.4 is 10.5 Å². The second-order valence-electron chi connectivity index (χ2n) is 3.80. The Bertz CT molecular complexity index is 334. The number of hydrogen-bond donors (Lipinski definition) is 1. The van der Waals surface area contributed by atoms with Gasteiger partial charge in [-0.25, -0.2) is 4.98 Å². The highest BCUT2D eigenvalue weighted by Crippen LogP contribution is 2.29. The van der Waals surface area contributed by atoms with Crippen LogP contribution in [-0.2, 0) is 0 Å². The minimum absolute atomic E-state index is 0.514. The van der Waals surface area contributed by atoms with Crippen LogP contribution in [0.25, 0.3) is 0 Å². The first-order valence-corrected chi connectivity index (χ1v) is 7.14. The Morgan fingerprint density at radius 1 is 1.24 bits per heavy atom. The van der Waals surface area contributed by atoms with E-state index < -0.39 is 0 Å². The maximum Gasteiger partial charge on any atom is 0.241 e. The number of anilines is 1. The van der Waals surface area contributed by atoms with Crippen LogP contribution in [0, 0.1) is 0 Å². The van der Waals surface area contributed by atoms with Gasteiger partial charge in [0.1, 0.15) is 17.0 Å². The van der Waals surface area contributed by atoms with Gasteiger partial charge in [0.2, 0.25) is 5.88 Å². The van der Waals surface area contributed by atoms with Crippen LogP contribution in [0.4, 0.5) is 5.69 Å². The van der Waals surface area contributed by atoms with Crippen LogP contribution >= 0.6 is 11.8 Å². The van der Waals surface area contributed by atoms with Crippen molar-refractivity contribution in [1.82, 2.24) is 9.97 Å². The second kappa shape index (κ2) is 8.17. The molecule has 96 valence electrons. The quantitative estimate of drug-likeness (QED) is 0.439. The van der Waals surface area contributed by atoms with Gasteiger partial charge >= 0.3 is 0 Å². The number of thioether (sulfide) groups is 1. The number of nitrogens with zero attached hydrogens (tertiary/aromatic N) is 2. The van der Waals surface area contributed by atoms with Crippen LogP contribution in [0.15, 0.2) is 11.4 Å². The smallest absolute Gasteiger partial charge is 0.241 e. The van der Waals surface area contributed by atoms with Crippen molar-refractivity contribution in [2.24, 2.45) is 0 Å². The lowest BCUT2D eigenvalue weighted by atomic mass is 10.3. The Balaban J connectivity index is 2.53. The van der Waals surface area contributed by atoms with Crippen molar-refractivity contribution < 1.29 is 4.74 Å². The third kappa shape index (κ3) is 4.81. The normalized spacial score (nSPS) is 10.5. The van der Waals surface area contributed by atoms with Gasteiger partial charge < -0.3 is 10.5 Å². The lowest BCUT2D eigenvalue weighted by Gasteiger charge is -2.09. The van der Waals surface area contributed by atoms with E-state index >= 15 is 0 Å². The van der Waals surface area contributed by atoms with E-state index in [4.69, 9.17) is 10.5 Å². The van der Waals surface area contributed by atoms with Gasteiger partial charge in [0.15, 0.2) is 0 Å². The highest BCUT2D eigenvalue weighted by atomic mass is 32.2. The summed E-state index contributed by atoms with van der Waals surface area (Å²) in [6, 6.07) is 0. The molecule has 4 nitrogen and oxygen atoms in total. The molecule has 0 saturated heterocycles. The summed E-state index contributed by atoms with van der Waals surface area (Å²) in [5, 5.41) is 0.835. The standard InChI is InChI=1S/C12H21N3OS/c1-3-5-6-8-17-12-10(13)11(14-9-15-12)16-7-4-2/h9H,3-8,13H2,1-2H3. The van der Waals surface area contributed by atoms with E-state index in [-0.39, 0.29) is 0 Å². The van der Waals surface area contributed by atoms with E-state index in [9.17, 15) is 0 Å². The molecule has 1 aromatic rings. The molecule has 17 heavy (non-hydrogen) atoms. The van der Waals surface area contributed by atoms with E-state index in [1.165, 1.54) is 25.6 Å². The summed E-state index contributed by atoms with van der Waals surface area (Å²) in [5.74, 6) is 1.56. The van der Waals surface area contributed by atoms with Gasteiger partial charge in [-0.1, -0.05) is 26.7 Å². The van der Waals surface area contributed by atoms with Crippen LogP contribution in [0.2, 0.25) is 0 Å². The molecule has 1 rings (SSSR count). The zero-order valence-electron chi connectivity index (χ0n) is 10.6. The largest absolute Gasteiger partial charge is 0.476 e. The highest BCUT2D eigenvalue weighted by Gasteiger charge is 2.09. The maximum atomic E-state index is 5.97. The summed E-state index contributed by atoms with van der Waals surface area (Å²) >= 11 is 1.68. The lowest BCUT2D eigenvalue weighted by Crippen LogP contribution is -2.03. The van der Waals surface area contributed by atoms with Crippen LogP contribution in [0.3, 0.4) is 0 Å². The predicted octanol–water partition coefficient (Wildman–Crippen LogP) is 3.13. The Morgan fingerprint density at radius 2 is 2.06 bits per heavy atom. The Hall–Kier alpha value is -0.970. The minimum atomic E-state index is 0.514. The predicted molar refractivity (Wildman–Crippen MR) is 72.5 cm³/mol. The third-order valence-electron chi connectivity index (χ3n) is 2.24. The SMILES string of the molecule is CCCCCSc1ncnc(OCCC)c1N. The van der Waals surface area contributed by atoms with E-state index in [0.29, 0.717) is 18.2 Å². The average molecular weight is 255 g/mol. The summed E-state index contributed by atoms with van der Waals surface area (Å²) in [6.45, 7) is 4.89. The van der Waals surface area contributed by atoms with Crippen LogP contribution in [0.5, 0.6) is 5.88 Å². The molecule has 0 spiro atoms. The van der Waals surface area contributed by atoms with E-state index in [1.807, 2.05) is 0 Å². The number of rotatable bonds is 8. The first kappa shape index (κ1) is 14.1. The van der Waals surface area contributed by atoms with Crippen molar-refractivity contribution in [1.29, 1.82) is 0 Å². The van der Waals surface area contributed by atoms with Crippen molar-refractivity contribution in [2.45, 2.75) is 44.6 Å². The van der Waals surface area contributed by atoms with Crippen LogP contribution in [-0.4, -0.2) is 22.3 Å². The monoisotopic (exact) mass is 255 g/mol. The van der Waals surface area contributed by atoms with Gasteiger partial charge in [-0.2, -0.15) is 4.98 Å². The Labute approximate surface area is 107 Å². The number of nitrogens with two attached hydrogens (primary N) is 1. The summed E-state index contributed by atoms with van der Waals surface area (Å²) in [4.78, 5) is 8.24. The van der Waals surface area contributed by atoms with E-state index in [1.54, 1.807) is 11.8 Å². The van der Waals surface area contributed by atoms with Gasteiger partial charge in [-0.15, -0.1) is 11.8 Å². The van der Waals surface area contributed by atoms with Gasteiger partial charge in [0.05, 0.1) is 6.61 Å². The molecule has 0 aromatic carbocycles. The molecule has 0 fully saturated rings. The fourth-order valence-electron chi connectivity index (χ4n) is 1.31. The number of ether oxygens (including phenoxy) is 1. The molecular formula is C12H21N3OS. The fourth-order valence-corrected chi connectivity index (χ4v) is 2.22. The molecule has 1 heterocycles. The molecule has 0 amide bonds. The Morgan fingerprint density at radius 3 is 2.76 bits per heavy atom. The van der Waals surface area contributed by atoms with Gasteiger partial charge in [0.25, 0.3) is 0 Å². The first-order chi connectivity index (χ1) is 8.29. The first-order valence-electron chi connectivity index (χ1n) is 6.15. The molecule has 0 aliphatic heterocycles. The number of unbranched alkanes of at least 4 members (excludes halogenated alkanes) is 2. The summed E-state index contributed by atoms with van der Waals surface area (Å²) in [7, 11) is 0. The minimum Gasteiger partial charge on any atom is -0.476 e. The summed E-state index contributed by atoms with van der Waals surface area (Å²) in [6.07, 6.45) is 6.13. The highest BCUT2D eigenvalue weighted by molar-refractivity contribution is 7.99. The van der Waals surface area contributed by atoms with Gasteiger partial charge in [-0.05, 0) is 18.6 Å². The molecule has 0 atom stereocenters. The number of aromatic nitrogens is 2. The Kier molecular flexibility index (Phi) is 6.77. The zero-order valence-corrected chi connectivity index (χ0v) is 11.4. The molecule has 0 saturated carbocycles. The van der Waals surface area contributed by atoms with E-state index in [0.717, 1.165) is 17.2 Å². The molecule has 5 heteroatoms. The van der Waals surface area contributed by atoms with Crippen molar-refractivity contribution in [3.63, 3.8) is 0 Å². The number of nitrogen functional groups attached to an aromatic ring is 1. The number of hydrogen-bond acceptors (Lipinski definition) is 5. The maximum absolute atomic E-state index is 5.97. The van der Waals surface area contributed by atoms with Gasteiger partial charge in [0, 0.05) is 0 Å². The third-order valence-corrected chi connectivity index (χ3v) is 3.33. The average Bonchev–Trinajstić information content (AvgIpc) is 2.35. The topological polar surface area (TPSA) is 61.0 Å². The molecular weight excluding hydrogens is 234 g/mol. The summed E-state index contributed by atoms with van der Waals surface area (Å²) < 4.78 is 5.46. The summed E-state index contributed by atoms with van der Waals surface area (Å²) in [5.41, 5.74) is 6.54. The van der Waals surface area contributed by atoms with Crippen molar-refractivity contribution >= 4 is 17.4 Å². The molecule has 0 unspecified atom stereocenters. The van der Waals surface area contributed by atoms with Gasteiger partial charge in [-0.3, -0.25) is 0 Å². The molecule has 0 radical (unpaired) electrons. The molecule has 2 N–H and O–H groups in total. The molecule has 0 aliphatic carbocycles. The van der Waals surface area contributed by atoms with E-state index in [2.05, 4.69) is 23.8 Å². The second-order valence-corrected chi connectivity index (χ2v) is 4.89. The van der Waals surface area contributed by atoms with Crippen molar-refractivity contribution in [3.8, 4) is 5.88 Å². The fraction of sp³-hybridized carbons (Fsp3) is 0.667. The van der Waals surface area contributed by atoms with Crippen molar-refractivity contribution in [3.05, 3.63) is 6.33 Å². The lowest BCUT2D eigenvalue weighted by molar-refractivity contribution is 0.305. The zero-order chi connectivity index (χ0) is 12.5. The molecule has 0 aliphatic rings. The molecule has 1 aromatic heterocycles. The molecule has 0 bridgehead atoms.